The zero-order valence-corrected chi connectivity index (χ0v) is 26.0. The van der Waals surface area contributed by atoms with Crippen LogP contribution < -0.4 is 0 Å². The molecule has 5 rings (SSSR count). The van der Waals surface area contributed by atoms with Crippen LogP contribution in [0.3, 0.4) is 0 Å². The topological polar surface area (TPSA) is 192 Å². The Hall–Kier alpha value is -1.42. The van der Waals surface area contributed by atoms with Gasteiger partial charge in [-0.15, -0.1) is 0 Å². The van der Waals surface area contributed by atoms with E-state index in [2.05, 4.69) is 27.7 Å². The van der Waals surface area contributed by atoms with Crippen molar-refractivity contribution in [1.29, 1.82) is 0 Å². The third kappa shape index (κ3) is 6.16. The Labute approximate surface area is 258 Å². The maximum absolute atomic E-state index is 11.1. The largest absolute Gasteiger partial charge is 0.472 e. The van der Waals surface area contributed by atoms with Gasteiger partial charge in [-0.05, 0) is 73.8 Å². The van der Waals surface area contributed by atoms with Crippen LogP contribution in [0.1, 0.15) is 65.4 Å². The summed E-state index contributed by atoms with van der Waals surface area (Å²) in [5, 5.41) is 72.3. The fraction of sp³-hybridized carbons (Fsp3) is 0.812. The maximum Gasteiger partial charge on any atom is 0.187 e. The monoisotopic (exact) mass is 626 g/mol. The van der Waals surface area contributed by atoms with Crippen molar-refractivity contribution < 1.29 is 59.1 Å². The number of rotatable bonds is 9. The van der Waals surface area contributed by atoms with E-state index < -0.39 is 74.6 Å². The average Bonchev–Trinajstić information content (AvgIpc) is 3.51. The van der Waals surface area contributed by atoms with Gasteiger partial charge in [0.05, 0.1) is 31.8 Å². The van der Waals surface area contributed by atoms with Gasteiger partial charge in [-0.2, -0.15) is 0 Å². The summed E-state index contributed by atoms with van der Waals surface area (Å²) in [5.74, 6) is 0.273. The molecule has 1 aromatic rings. The van der Waals surface area contributed by atoms with Gasteiger partial charge in [0.15, 0.2) is 12.6 Å². The number of ether oxygens (including phenoxy) is 4. The highest BCUT2D eigenvalue weighted by atomic mass is 16.8. The number of hydrogen-bond acceptors (Lipinski definition) is 12. The van der Waals surface area contributed by atoms with Crippen LogP contribution in [0, 0.1) is 16.7 Å². The first kappa shape index (κ1) is 33.9. The van der Waals surface area contributed by atoms with Gasteiger partial charge in [0, 0.05) is 0 Å². The van der Waals surface area contributed by atoms with Gasteiger partial charge in [-0.3, -0.25) is 0 Å². The first-order valence-electron chi connectivity index (χ1n) is 15.8. The summed E-state index contributed by atoms with van der Waals surface area (Å²) < 4.78 is 29.3. The standard InChI is InChI=1S/C32H50O12/c1-16-5-8-21-31(2,3)22(9-11-32(21,4)18(16)7-6-17-10-12-40-15-17)43-30-28(26(38)24(36)20(14-34)42-30)44-29-27(39)25(37)23(35)19(13-33)41-29/h10,12,15,19-30,33-39H,5-9,11,13-14H2,1-4H3/t19-,20+,21-,22+,23-,24-,25+,26+,27-,28-,29+,30+,32-/m1/s1. The highest BCUT2D eigenvalue weighted by Crippen LogP contribution is 2.61. The Kier molecular flexibility index (Phi) is 10.3. The Morgan fingerprint density at radius 3 is 2.11 bits per heavy atom. The average molecular weight is 627 g/mol. The van der Waals surface area contributed by atoms with E-state index in [4.69, 9.17) is 23.4 Å². The van der Waals surface area contributed by atoms with E-state index in [1.54, 1.807) is 12.5 Å². The molecule has 0 unspecified atom stereocenters. The van der Waals surface area contributed by atoms with Crippen molar-refractivity contribution in [3.63, 3.8) is 0 Å². The molecule has 13 atom stereocenters. The van der Waals surface area contributed by atoms with Gasteiger partial charge in [0.1, 0.15) is 48.8 Å². The van der Waals surface area contributed by atoms with E-state index in [1.165, 1.54) is 16.7 Å². The quantitative estimate of drug-likeness (QED) is 0.191. The second kappa shape index (κ2) is 13.4. The molecule has 2 saturated heterocycles. The van der Waals surface area contributed by atoms with E-state index in [-0.39, 0.29) is 22.9 Å². The maximum atomic E-state index is 11.1. The van der Waals surface area contributed by atoms with Crippen molar-refractivity contribution in [2.24, 2.45) is 16.7 Å². The summed E-state index contributed by atoms with van der Waals surface area (Å²) in [6.45, 7) is 7.72. The lowest BCUT2D eigenvalue weighted by molar-refractivity contribution is -0.377. The van der Waals surface area contributed by atoms with Crippen LogP contribution >= 0.6 is 0 Å². The van der Waals surface area contributed by atoms with E-state index in [0.29, 0.717) is 6.42 Å². The Bertz CT molecular complexity index is 1120. The first-order valence-corrected chi connectivity index (χ1v) is 15.8. The Morgan fingerprint density at radius 2 is 1.48 bits per heavy atom. The van der Waals surface area contributed by atoms with Crippen LogP contribution in [0.5, 0.6) is 0 Å². The van der Waals surface area contributed by atoms with Crippen molar-refractivity contribution in [1.82, 2.24) is 0 Å². The third-order valence-electron chi connectivity index (χ3n) is 10.9. The molecule has 0 amide bonds. The summed E-state index contributed by atoms with van der Waals surface area (Å²) in [5.41, 5.74) is 3.71. The number of furan rings is 1. The molecule has 2 aliphatic carbocycles. The molecule has 0 radical (unpaired) electrons. The molecule has 12 heteroatoms. The molecule has 12 nitrogen and oxygen atoms in total. The molecule has 44 heavy (non-hydrogen) atoms. The molecule has 3 heterocycles. The molecule has 0 spiro atoms. The van der Waals surface area contributed by atoms with Gasteiger partial charge >= 0.3 is 0 Å². The molecular weight excluding hydrogens is 576 g/mol. The molecule has 250 valence electrons. The second-order valence-corrected chi connectivity index (χ2v) is 13.9. The number of aryl methyl sites for hydroxylation is 1. The highest BCUT2D eigenvalue weighted by molar-refractivity contribution is 5.29. The molecule has 1 aromatic heterocycles. The van der Waals surface area contributed by atoms with Gasteiger partial charge in [0.2, 0.25) is 0 Å². The minimum atomic E-state index is -1.72. The van der Waals surface area contributed by atoms with Gasteiger partial charge < -0.3 is 59.1 Å². The molecule has 4 aliphatic rings. The van der Waals surface area contributed by atoms with Crippen LogP contribution in [0.2, 0.25) is 0 Å². The van der Waals surface area contributed by atoms with Crippen LogP contribution in [0.4, 0.5) is 0 Å². The van der Waals surface area contributed by atoms with Crippen molar-refractivity contribution in [2.75, 3.05) is 13.2 Å². The van der Waals surface area contributed by atoms with Crippen molar-refractivity contribution in [2.45, 2.75) is 134 Å². The number of fused-ring (bicyclic) bond motifs is 1. The molecule has 0 aromatic carbocycles. The zero-order chi connectivity index (χ0) is 32.0. The third-order valence-corrected chi connectivity index (χ3v) is 10.9. The SMILES string of the molecule is CC1=C(CCc2ccoc2)[C@@]2(C)CC[C@H](O[C@@H]3O[C@@H](CO)[C@@H](O)[C@H](O)[C@H]3O[C@@H]3O[C@H](CO)[C@@H](O)[C@H](O)[C@H]3O)C(C)(C)[C@H]2CC1. The van der Waals surface area contributed by atoms with E-state index >= 15 is 0 Å². The van der Waals surface area contributed by atoms with Crippen molar-refractivity contribution >= 4 is 0 Å². The lowest BCUT2D eigenvalue weighted by Crippen LogP contribution is -2.65. The molecule has 1 saturated carbocycles. The van der Waals surface area contributed by atoms with E-state index in [1.807, 2.05) is 6.07 Å². The summed E-state index contributed by atoms with van der Waals surface area (Å²) in [4.78, 5) is 0. The number of allylic oxidation sites excluding steroid dienone is 2. The summed E-state index contributed by atoms with van der Waals surface area (Å²) in [6.07, 6.45) is -6.26. The molecule has 7 N–H and O–H groups in total. The predicted octanol–water partition coefficient (Wildman–Crippen LogP) is 0.774. The van der Waals surface area contributed by atoms with Crippen LogP contribution in [0.15, 0.2) is 34.2 Å². The van der Waals surface area contributed by atoms with Gasteiger partial charge in [-0.25, -0.2) is 0 Å². The summed E-state index contributed by atoms with van der Waals surface area (Å²) >= 11 is 0. The van der Waals surface area contributed by atoms with Gasteiger partial charge in [0.25, 0.3) is 0 Å². The predicted molar refractivity (Wildman–Crippen MR) is 155 cm³/mol. The van der Waals surface area contributed by atoms with E-state index in [9.17, 15) is 35.7 Å². The van der Waals surface area contributed by atoms with Gasteiger partial charge in [-0.1, -0.05) is 31.9 Å². The first-order chi connectivity index (χ1) is 20.8. The number of hydrogen-bond donors (Lipinski definition) is 7. The zero-order valence-electron chi connectivity index (χ0n) is 26.0. The van der Waals surface area contributed by atoms with Crippen molar-refractivity contribution in [3.05, 3.63) is 35.3 Å². The lowest BCUT2D eigenvalue weighted by atomic mass is 9.49. The van der Waals surface area contributed by atoms with Crippen LogP contribution in [0.25, 0.3) is 0 Å². The minimum absolute atomic E-state index is 0.0432. The molecular formula is C32H50O12. The minimum Gasteiger partial charge on any atom is -0.472 e. The number of aliphatic hydroxyl groups excluding tert-OH is 7. The fourth-order valence-electron chi connectivity index (χ4n) is 8.33. The van der Waals surface area contributed by atoms with Crippen LogP contribution in [-0.2, 0) is 25.4 Å². The second-order valence-electron chi connectivity index (χ2n) is 13.9. The molecule has 3 fully saturated rings. The Balaban J connectivity index is 1.36. The molecule has 0 bridgehead atoms. The smallest absolute Gasteiger partial charge is 0.187 e. The summed E-state index contributed by atoms with van der Waals surface area (Å²) in [6, 6.07) is 2.00. The van der Waals surface area contributed by atoms with Crippen molar-refractivity contribution in [3.8, 4) is 0 Å². The number of aliphatic hydroxyl groups is 7. The summed E-state index contributed by atoms with van der Waals surface area (Å²) in [7, 11) is 0. The lowest BCUT2D eigenvalue weighted by Gasteiger charge is -2.58. The van der Waals surface area contributed by atoms with E-state index in [0.717, 1.165) is 32.1 Å². The Morgan fingerprint density at radius 1 is 0.818 bits per heavy atom. The normalized spacial score (nSPS) is 44.4. The fourth-order valence-corrected chi connectivity index (χ4v) is 8.33. The molecule has 2 aliphatic heterocycles. The highest BCUT2D eigenvalue weighted by Gasteiger charge is 2.57. The van der Waals surface area contributed by atoms with Crippen LogP contribution in [-0.4, -0.2) is 116 Å².